The van der Waals surface area contributed by atoms with Gasteiger partial charge in [-0.2, -0.15) is 9.50 Å². The Morgan fingerprint density at radius 3 is 2.48 bits per heavy atom. The molecule has 0 amide bonds. The largest absolute Gasteiger partial charge is 0.494 e. The van der Waals surface area contributed by atoms with Gasteiger partial charge in [0.25, 0.3) is 5.56 Å². The van der Waals surface area contributed by atoms with Crippen LogP contribution in [0, 0.1) is 0 Å². The van der Waals surface area contributed by atoms with Gasteiger partial charge in [-0.3, -0.25) is 4.79 Å². The summed E-state index contributed by atoms with van der Waals surface area (Å²) >= 11 is 1.29. The van der Waals surface area contributed by atoms with E-state index in [1.165, 1.54) is 15.9 Å². The first-order chi connectivity index (χ1) is 14.1. The second-order valence-electron chi connectivity index (χ2n) is 6.12. The highest BCUT2D eigenvalue weighted by Gasteiger charge is 2.12. The summed E-state index contributed by atoms with van der Waals surface area (Å²) in [6.45, 7) is 2.54. The van der Waals surface area contributed by atoms with E-state index in [0.717, 1.165) is 16.9 Å². The Hall–Kier alpha value is -3.39. The van der Waals surface area contributed by atoms with Crippen molar-refractivity contribution in [2.75, 3.05) is 20.8 Å². The average Bonchev–Trinajstić information content (AvgIpc) is 3.28. The zero-order valence-corrected chi connectivity index (χ0v) is 17.0. The molecule has 148 valence electrons. The minimum absolute atomic E-state index is 0.204. The molecule has 2 heterocycles. The molecule has 0 spiro atoms. The second kappa shape index (κ2) is 7.92. The van der Waals surface area contributed by atoms with E-state index in [-0.39, 0.29) is 5.56 Å². The highest BCUT2D eigenvalue weighted by atomic mass is 32.1. The summed E-state index contributed by atoms with van der Waals surface area (Å²) in [6.07, 6.45) is 1.79. The Bertz CT molecular complexity index is 1260. The maximum absolute atomic E-state index is 12.8. The molecule has 0 bridgehead atoms. The minimum Gasteiger partial charge on any atom is -0.494 e. The smallest absolute Gasteiger partial charge is 0.291 e. The van der Waals surface area contributed by atoms with E-state index in [4.69, 9.17) is 14.2 Å². The number of rotatable bonds is 6. The third-order valence-electron chi connectivity index (χ3n) is 4.31. The van der Waals surface area contributed by atoms with Crippen molar-refractivity contribution >= 4 is 22.4 Å². The number of hydrogen-bond donors (Lipinski definition) is 0. The second-order valence-corrected chi connectivity index (χ2v) is 7.13. The van der Waals surface area contributed by atoms with E-state index in [1.54, 1.807) is 26.4 Å². The van der Waals surface area contributed by atoms with Crippen molar-refractivity contribution in [2.45, 2.75) is 6.92 Å². The molecule has 0 saturated carbocycles. The summed E-state index contributed by atoms with van der Waals surface area (Å²) in [6, 6.07) is 13.0. The van der Waals surface area contributed by atoms with Crippen molar-refractivity contribution in [2.24, 2.45) is 0 Å². The molecule has 0 N–H and O–H groups in total. The third kappa shape index (κ3) is 3.66. The van der Waals surface area contributed by atoms with Crippen LogP contribution in [0.15, 0.2) is 47.3 Å². The van der Waals surface area contributed by atoms with E-state index in [2.05, 4.69) is 10.1 Å². The summed E-state index contributed by atoms with van der Waals surface area (Å²) in [5, 5.41) is 4.38. The van der Waals surface area contributed by atoms with Gasteiger partial charge in [-0.05, 0) is 55.0 Å². The summed E-state index contributed by atoms with van der Waals surface area (Å²) in [7, 11) is 3.16. The molecule has 7 nitrogen and oxygen atoms in total. The number of methoxy groups -OCH3 is 2. The van der Waals surface area contributed by atoms with Crippen molar-refractivity contribution in [3.63, 3.8) is 0 Å². The predicted molar refractivity (Wildman–Crippen MR) is 112 cm³/mol. The van der Waals surface area contributed by atoms with Gasteiger partial charge < -0.3 is 14.2 Å². The number of benzene rings is 2. The highest BCUT2D eigenvalue weighted by molar-refractivity contribution is 7.15. The van der Waals surface area contributed by atoms with E-state index in [9.17, 15) is 4.79 Å². The fraction of sp³-hybridized carbons (Fsp3) is 0.190. The van der Waals surface area contributed by atoms with Crippen LogP contribution in [0.3, 0.4) is 0 Å². The molecule has 0 unspecified atom stereocenters. The standard InChI is InChI=1S/C21H19N3O4S/c1-4-28-15-8-6-14(7-9-15)19-22-21-24(23-19)20(25)18(29-21)12-13-5-10-16(26-2)17(11-13)27-3/h5-12H,4H2,1-3H3. The first-order valence-electron chi connectivity index (χ1n) is 8.99. The van der Waals surface area contributed by atoms with E-state index in [0.29, 0.717) is 33.4 Å². The number of ether oxygens (including phenoxy) is 3. The highest BCUT2D eigenvalue weighted by Crippen LogP contribution is 2.27. The number of aromatic nitrogens is 3. The molecule has 0 aliphatic carbocycles. The zero-order valence-electron chi connectivity index (χ0n) is 16.2. The fourth-order valence-corrected chi connectivity index (χ4v) is 3.82. The van der Waals surface area contributed by atoms with Gasteiger partial charge in [0.05, 0.1) is 25.4 Å². The van der Waals surface area contributed by atoms with Crippen LogP contribution in [0.4, 0.5) is 0 Å². The van der Waals surface area contributed by atoms with Crippen molar-refractivity contribution in [1.82, 2.24) is 14.6 Å². The lowest BCUT2D eigenvalue weighted by Crippen LogP contribution is -2.23. The van der Waals surface area contributed by atoms with Crippen LogP contribution in [0.5, 0.6) is 17.2 Å². The lowest BCUT2D eigenvalue weighted by Gasteiger charge is -2.07. The van der Waals surface area contributed by atoms with Crippen LogP contribution in [0.2, 0.25) is 0 Å². The van der Waals surface area contributed by atoms with Gasteiger partial charge in [-0.25, -0.2) is 0 Å². The van der Waals surface area contributed by atoms with Crippen LogP contribution in [0.25, 0.3) is 22.4 Å². The minimum atomic E-state index is -0.204. The van der Waals surface area contributed by atoms with Gasteiger partial charge in [0, 0.05) is 5.56 Å². The molecule has 2 aromatic heterocycles. The first-order valence-corrected chi connectivity index (χ1v) is 9.81. The quantitative estimate of drug-likeness (QED) is 0.488. The summed E-state index contributed by atoms with van der Waals surface area (Å²) in [4.78, 5) is 17.8. The topological polar surface area (TPSA) is 75.0 Å². The molecular weight excluding hydrogens is 390 g/mol. The maximum atomic E-state index is 12.8. The lowest BCUT2D eigenvalue weighted by molar-refractivity contribution is 0.340. The Labute approximate surface area is 170 Å². The number of fused-ring (bicyclic) bond motifs is 1. The van der Waals surface area contributed by atoms with Crippen LogP contribution in [0.1, 0.15) is 12.5 Å². The summed E-state index contributed by atoms with van der Waals surface area (Å²) in [5.41, 5.74) is 1.45. The van der Waals surface area contributed by atoms with Crippen LogP contribution < -0.4 is 24.3 Å². The zero-order chi connectivity index (χ0) is 20.4. The Balaban J connectivity index is 1.70. The molecule has 0 fully saturated rings. The maximum Gasteiger partial charge on any atom is 0.291 e. The van der Waals surface area contributed by atoms with Gasteiger partial charge in [-0.15, -0.1) is 5.10 Å². The molecule has 4 rings (SSSR count). The summed E-state index contributed by atoms with van der Waals surface area (Å²) in [5.74, 6) is 2.53. The Morgan fingerprint density at radius 2 is 1.83 bits per heavy atom. The van der Waals surface area contributed by atoms with Crippen LogP contribution in [-0.4, -0.2) is 35.4 Å². The van der Waals surface area contributed by atoms with Gasteiger partial charge in [0.15, 0.2) is 17.3 Å². The van der Waals surface area contributed by atoms with E-state index >= 15 is 0 Å². The van der Waals surface area contributed by atoms with Crippen molar-refractivity contribution < 1.29 is 14.2 Å². The lowest BCUT2D eigenvalue weighted by atomic mass is 10.2. The van der Waals surface area contributed by atoms with Gasteiger partial charge in [0.2, 0.25) is 4.96 Å². The van der Waals surface area contributed by atoms with Crippen molar-refractivity contribution in [1.29, 1.82) is 0 Å². The molecule has 29 heavy (non-hydrogen) atoms. The van der Waals surface area contributed by atoms with Gasteiger partial charge in [-0.1, -0.05) is 17.4 Å². The monoisotopic (exact) mass is 409 g/mol. The van der Waals surface area contributed by atoms with E-state index in [1.807, 2.05) is 43.3 Å². The average molecular weight is 409 g/mol. The number of thiazole rings is 1. The van der Waals surface area contributed by atoms with Gasteiger partial charge in [0.1, 0.15) is 5.75 Å². The normalized spacial score (nSPS) is 11.8. The molecule has 0 saturated heterocycles. The number of hydrogen-bond acceptors (Lipinski definition) is 7. The Morgan fingerprint density at radius 1 is 1.07 bits per heavy atom. The number of nitrogens with zero attached hydrogens (tertiary/aromatic N) is 3. The van der Waals surface area contributed by atoms with Gasteiger partial charge >= 0.3 is 0 Å². The Kier molecular flexibility index (Phi) is 5.18. The molecule has 8 heteroatoms. The fourth-order valence-electron chi connectivity index (χ4n) is 2.92. The van der Waals surface area contributed by atoms with Crippen molar-refractivity contribution in [3.8, 4) is 28.6 Å². The van der Waals surface area contributed by atoms with Crippen molar-refractivity contribution in [3.05, 3.63) is 62.9 Å². The molecule has 0 radical (unpaired) electrons. The SMILES string of the molecule is CCOc1ccc(-c2nc3sc(=Cc4ccc(OC)c(OC)c4)c(=O)n3n2)cc1. The molecule has 0 aliphatic rings. The van der Waals surface area contributed by atoms with Crippen LogP contribution >= 0.6 is 11.3 Å². The predicted octanol–water partition coefficient (Wildman–Crippen LogP) is 2.78. The molecule has 4 aromatic rings. The molecule has 0 aliphatic heterocycles. The summed E-state index contributed by atoms with van der Waals surface area (Å²) < 4.78 is 17.9. The van der Waals surface area contributed by atoms with Crippen LogP contribution in [-0.2, 0) is 0 Å². The van der Waals surface area contributed by atoms with E-state index < -0.39 is 0 Å². The first kappa shape index (κ1) is 18.9. The molecular formula is C21H19N3O4S. The third-order valence-corrected chi connectivity index (χ3v) is 5.27. The molecule has 0 atom stereocenters. The molecule has 2 aromatic carbocycles.